The summed E-state index contributed by atoms with van der Waals surface area (Å²) in [6.45, 7) is 1.88. The Morgan fingerprint density at radius 3 is 2.55 bits per heavy atom. The average molecular weight is 338 g/mol. The molecule has 1 aromatic rings. The Morgan fingerprint density at radius 2 is 2.00 bits per heavy atom. The number of nitrogens with zero attached hydrogens (tertiary/aromatic N) is 2. The van der Waals surface area contributed by atoms with Crippen LogP contribution in [0.2, 0.25) is 5.02 Å². The van der Waals surface area contributed by atoms with Crippen molar-refractivity contribution >= 4 is 17.3 Å². The Balaban J connectivity index is 2.43. The lowest BCUT2D eigenvalue weighted by molar-refractivity contribution is -0.386. The fourth-order valence-corrected chi connectivity index (χ4v) is 2.79. The third-order valence-corrected chi connectivity index (χ3v) is 3.80. The number of nitrogens with one attached hydrogen (secondary N) is 1. The molecule has 0 amide bonds. The molecular formula is C13H15ClF3N3O2. The van der Waals surface area contributed by atoms with Gasteiger partial charge in [-0.05, 0) is 12.1 Å². The summed E-state index contributed by atoms with van der Waals surface area (Å²) in [5, 5.41) is 14.4. The number of nitro groups is 1. The van der Waals surface area contributed by atoms with Crippen LogP contribution in [0.4, 0.5) is 18.9 Å². The first-order chi connectivity index (χ1) is 10.3. The van der Waals surface area contributed by atoms with Crippen LogP contribution in [-0.2, 0) is 0 Å². The molecule has 1 saturated heterocycles. The van der Waals surface area contributed by atoms with E-state index in [1.165, 1.54) is 12.1 Å². The molecule has 5 nitrogen and oxygen atoms in total. The van der Waals surface area contributed by atoms with Gasteiger partial charge < -0.3 is 5.32 Å². The maximum Gasteiger partial charge on any atom is 0.390 e. The van der Waals surface area contributed by atoms with Crippen LogP contribution in [0.3, 0.4) is 0 Å². The Labute approximate surface area is 130 Å². The van der Waals surface area contributed by atoms with E-state index < -0.39 is 23.6 Å². The molecule has 9 heteroatoms. The number of rotatable bonds is 4. The van der Waals surface area contributed by atoms with Gasteiger partial charge in [-0.15, -0.1) is 0 Å². The van der Waals surface area contributed by atoms with Crippen LogP contribution in [0.15, 0.2) is 18.2 Å². The van der Waals surface area contributed by atoms with E-state index in [9.17, 15) is 23.3 Å². The van der Waals surface area contributed by atoms with Crippen molar-refractivity contribution in [1.29, 1.82) is 0 Å². The van der Waals surface area contributed by atoms with E-state index in [0.29, 0.717) is 26.2 Å². The van der Waals surface area contributed by atoms with Gasteiger partial charge in [0.2, 0.25) is 0 Å². The lowest BCUT2D eigenvalue weighted by Gasteiger charge is -2.35. The highest BCUT2D eigenvalue weighted by molar-refractivity contribution is 6.30. The molecule has 0 spiro atoms. The van der Waals surface area contributed by atoms with Gasteiger partial charge in [-0.2, -0.15) is 13.2 Å². The van der Waals surface area contributed by atoms with E-state index in [-0.39, 0.29) is 16.3 Å². The molecule has 0 saturated carbocycles. The van der Waals surface area contributed by atoms with Gasteiger partial charge in [0, 0.05) is 42.8 Å². The summed E-state index contributed by atoms with van der Waals surface area (Å²) >= 11 is 5.84. The van der Waals surface area contributed by atoms with Crippen LogP contribution in [-0.4, -0.2) is 42.2 Å². The van der Waals surface area contributed by atoms with E-state index in [1.807, 2.05) is 0 Å². The number of benzene rings is 1. The first-order valence-electron chi connectivity index (χ1n) is 6.73. The van der Waals surface area contributed by atoms with Gasteiger partial charge in [-0.25, -0.2) is 0 Å². The Morgan fingerprint density at radius 1 is 1.36 bits per heavy atom. The molecule has 1 atom stereocenters. The summed E-state index contributed by atoms with van der Waals surface area (Å²) in [6.07, 6.45) is -5.57. The minimum atomic E-state index is -4.42. The SMILES string of the molecule is O=[N+]([O-])c1ccc(Cl)cc1[C@H](CC(F)(F)F)N1CCNCC1. The zero-order valence-corrected chi connectivity index (χ0v) is 12.3. The number of halogens is 4. The molecule has 22 heavy (non-hydrogen) atoms. The largest absolute Gasteiger partial charge is 0.390 e. The third-order valence-electron chi connectivity index (χ3n) is 3.56. The third kappa shape index (κ3) is 4.31. The van der Waals surface area contributed by atoms with Crippen LogP contribution >= 0.6 is 11.6 Å². The number of hydrogen-bond donors (Lipinski definition) is 1. The molecule has 0 radical (unpaired) electrons. The predicted molar refractivity (Wildman–Crippen MR) is 76.0 cm³/mol. The predicted octanol–water partition coefficient (Wildman–Crippen LogP) is 3.15. The molecule has 1 heterocycles. The minimum Gasteiger partial charge on any atom is -0.314 e. The zero-order chi connectivity index (χ0) is 16.3. The van der Waals surface area contributed by atoms with Crippen molar-refractivity contribution in [3.8, 4) is 0 Å². The van der Waals surface area contributed by atoms with Crippen molar-refractivity contribution in [3.05, 3.63) is 38.9 Å². The van der Waals surface area contributed by atoms with Gasteiger partial charge in [0.15, 0.2) is 0 Å². The molecule has 1 N–H and O–H groups in total. The maximum absolute atomic E-state index is 12.9. The van der Waals surface area contributed by atoms with E-state index in [2.05, 4.69) is 5.32 Å². The second kappa shape index (κ2) is 6.80. The standard InChI is InChI=1S/C13H15ClF3N3O2/c14-9-1-2-11(20(21)22)10(7-9)12(8-13(15,16)17)19-5-3-18-4-6-19/h1-2,7,12,18H,3-6,8H2/t12-/m0/s1. The van der Waals surface area contributed by atoms with Crippen molar-refractivity contribution in [2.75, 3.05) is 26.2 Å². The Hall–Kier alpha value is -1.38. The Kier molecular flexibility index (Phi) is 5.25. The van der Waals surface area contributed by atoms with Gasteiger partial charge in [-0.1, -0.05) is 11.6 Å². The summed E-state index contributed by atoms with van der Waals surface area (Å²) in [6, 6.07) is 2.62. The molecule has 1 fully saturated rings. The van der Waals surface area contributed by atoms with Crippen molar-refractivity contribution in [1.82, 2.24) is 10.2 Å². The van der Waals surface area contributed by atoms with Gasteiger partial charge in [-0.3, -0.25) is 15.0 Å². The molecule has 1 aromatic carbocycles. The Bertz CT molecular complexity index is 548. The topological polar surface area (TPSA) is 58.4 Å². The second-order valence-corrected chi connectivity index (χ2v) is 5.52. The zero-order valence-electron chi connectivity index (χ0n) is 11.6. The average Bonchev–Trinajstić information content (AvgIpc) is 2.44. The van der Waals surface area contributed by atoms with Crippen molar-refractivity contribution in [3.63, 3.8) is 0 Å². The van der Waals surface area contributed by atoms with E-state index in [0.717, 1.165) is 6.07 Å². The molecule has 1 aliphatic rings. The summed E-state index contributed by atoms with van der Waals surface area (Å²) < 4.78 is 38.8. The van der Waals surface area contributed by atoms with Crippen LogP contribution in [0.5, 0.6) is 0 Å². The van der Waals surface area contributed by atoms with Gasteiger partial charge in [0.05, 0.1) is 17.4 Å². The highest BCUT2D eigenvalue weighted by Gasteiger charge is 2.38. The van der Waals surface area contributed by atoms with Crippen LogP contribution in [0, 0.1) is 10.1 Å². The fourth-order valence-electron chi connectivity index (χ4n) is 2.61. The molecule has 0 aromatic heterocycles. The normalized spacial score (nSPS) is 18.2. The highest BCUT2D eigenvalue weighted by atomic mass is 35.5. The van der Waals surface area contributed by atoms with E-state index >= 15 is 0 Å². The molecule has 0 aliphatic carbocycles. The molecule has 122 valence electrons. The minimum absolute atomic E-state index is 0.0109. The van der Waals surface area contributed by atoms with Crippen molar-refractivity contribution < 1.29 is 18.1 Å². The molecule has 2 rings (SSSR count). The monoisotopic (exact) mass is 337 g/mol. The summed E-state index contributed by atoms with van der Waals surface area (Å²) in [7, 11) is 0. The number of piperazine rings is 1. The van der Waals surface area contributed by atoms with Gasteiger partial charge in [0.1, 0.15) is 0 Å². The van der Waals surface area contributed by atoms with E-state index in [4.69, 9.17) is 11.6 Å². The number of nitro benzene ring substituents is 1. The second-order valence-electron chi connectivity index (χ2n) is 5.08. The van der Waals surface area contributed by atoms with Crippen LogP contribution in [0.1, 0.15) is 18.0 Å². The van der Waals surface area contributed by atoms with Crippen LogP contribution in [0.25, 0.3) is 0 Å². The lowest BCUT2D eigenvalue weighted by Crippen LogP contribution is -2.46. The summed E-state index contributed by atoms with van der Waals surface area (Å²) in [4.78, 5) is 12.1. The lowest BCUT2D eigenvalue weighted by atomic mass is 9.99. The number of alkyl halides is 3. The van der Waals surface area contributed by atoms with Gasteiger partial charge in [0.25, 0.3) is 5.69 Å². The first kappa shape index (κ1) is 17.0. The number of hydrogen-bond acceptors (Lipinski definition) is 4. The summed E-state index contributed by atoms with van der Waals surface area (Å²) in [5.41, 5.74) is -0.325. The molecule has 0 unspecified atom stereocenters. The quantitative estimate of drug-likeness (QED) is 0.677. The molecule has 0 bridgehead atoms. The van der Waals surface area contributed by atoms with Crippen LogP contribution < -0.4 is 5.32 Å². The van der Waals surface area contributed by atoms with Gasteiger partial charge >= 0.3 is 6.18 Å². The fraction of sp³-hybridized carbons (Fsp3) is 0.538. The summed E-state index contributed by atoms with van der Waals surface area (Å²) in [5.74, 6) is 0. The van der Waals surface area contributed by atoms with E-state index in [1.54, 1.807) is 4.90 Å². The molecule has 1 aliphatic heterocycles. The smallest absolute Gasteiger partial charge is 0.314 e. The first-order valence-corrected chi connectivity index (χ1v) is 7.11. The van der Waals surface area contributed by atoms with Crippen molar-refractivity contribution in [2.24, 2.45) is 0 Å². The highest BCUT2D eigenvalue weighted by Crippen LogP contribution is 2.38. The van der Waals surface area contributed by atoms with Crippen molar-refractivity contribution in [2.45, 2.75) is 18.6 Å². The maximum atomic E-state index is 12.9. The molecular weight excluding hydrogens is 323 g/mol.